The molecule has 0 radical (unpaired) electrons. The first-order valence-electron chi connectivity index (χ1n) is 7.54. The second-order valence-electron chi connectivity index (χ2n) is 6.66. The highest BCUT2D eigenvalue weighted by Crippen LogP contribution is 2.32. The lowest BCUT2D eigenvalue weighted by molar-refractivity contribution is -0.133. The number of carbonyl (C=O) groups is 1. The van der Waals surface area contributed by atoms with E-state index in [1.165, 1.54) is 12.8 Å². The van der Waals surface area contributed by atoms with Crippen LogP contribution in [0.5, 0.6) is 0 Å². The number of nitrogens with one attached hydrogen (secondary N) is 2. The minimum absolute atomic E-state index is 0.147. The van der Waals surface area contributed by atoms with Gasteiger partial charge in [0.2, 0.25) is 5.91 Å². The molecule has 0 aromatic carbocycles. The van der Waals surface area contributed by atoms with Crippen molar-refractivity contribution in [1.82, 2.24) is 10.6 Å². The maximum Gasteiger partial charge on any atom is 0.226 e. The fourth-order valence-corrected chi connectivity index (χ4v) is 3.33. The molecule has 1 aliphatic heterocycles. The quantitative estimate of drug-likeness (QED) is 0.792. The Hall–Kier alpha value is -0.570. The van der Waals surface area contributed by atoms with Gasteiger partial charge in [0.25, 0.3) is 0 Å². The van der Waals surface area contributed by atoms with Gasteiger partial charge in [0.1, 0.15) is 0 Å². The van der Waals surface area contributed by atoms with Crippen LogP contribution >= 0.6 is 0 Å². The lowest BCUT2D eigenvalue weighted by atomic mass is 9.76. The Morgan fingerprint density at radius 1 is 1.22 bits per heavy atom. The van der Waals surface area contributed by atoms with Gasteiger partial charge in [-0.25, -0.2) is 0 Å². The van der Waals surface area contributed by atoms with Crippen molar-refractivity contribution in [2.24, 2.45) is 17.3 Å². The van der Waals surface area contributed by atoms with Crippen molar-refractivity contribution < 1.29 is 4.79 Å². The second-order valence-corrected chi connectivity index (χ2v) is 6.66. The van der Waals surface area contributed by atoms with Gasteiger partial charge >= 0.3 is 0 Å². The van der Waals surface area contributed by atoms with Gasteiger partial charge in [-0.05, 0) is 44.2 Å². The van der Waals surface area contributed by atoms with Crippen molar-refractivity contribution in [3.8, 4) is 0 Å². The molecule has 2 fully saturated rings. The minimum atomic E-state index is -0.147. The molecule has 3 unspecified atom stereocenters. The Balaban J connectivity index is 1.93. The summed E-state index contributed by atoms with van der Waals surface area (Å²) in [6, 6.07) is 0.396. The number of hydrogen-bond donors (Lipinski definition) is 2. The monoisotopic (exact) mass is 252 g/mol. The summed E-state index contributed by atoms with van der Waals surface area (Å²) in [7, 11) is 0. The summed E-state index contributed by atoms with van der Waals surface area (Å²) in [6.45, 7) is 8.68. The molecule has 1 heterocycles. The Morgan fingerprint density at radius 3 is 2.56 bits per heavy atom. The fourth-order valence-electron chi connectivity index (χ4n) is 3.33. The third-order valence-corrected chi connectivity index (χ3v) is 5.28. The van der Waals surface area contributed by atoms with Crippen LogP contribution in [0.1, 0.15) is 52.9 Å². The normalized spacial score (nSPS) is 36.1. The SMILES string of the molecule is CC1CCCC(NC(=O)C2(C)CCNCC2)C1C. The molecule has 18 heavy (non-hydrogen) atoms. The van der Waals surface area contributed by atoms with Crippen LogP contribution in [0.4, 0.5) is 0 Å². The smallest absolute Gasteiger partial charge is 0.226 e. The van der Waals surface area contributed by atoms with E-state index in [-0.39, 0.29) is 11.3 Å². The van der Waals surface area contributed by atoms with Crippen LogP contribution < -0.4 is 10.6 Å². The first kappa shape index (κ1) is 13.9. The second kappa shape index (κ2) is 5.60. The zero-order valence-electron chi connectivity index (χ0n) is 12.1. The number of hydrogen-bond acceptors (Lipinski definition) is 2. The molecule has 2 aliphatic rings. The minimum Gasteiger partial charge on any atom is -0.353 e. The summed E-state index contributed by atoms with van der Waals surface area (Å²) in [6.07, 6.45) is 5.67. The van der Waals surface area contributed by atoms with Crippen molar-refractivity contribution in [2.75, 3.05) is 13.1 Å². The molecule has 3 nitrogen and oxygen atoms in total. The average molecular weight is 252 g/mol. The highest BCUT2D eigenvalue weighted by molar-refractivity contribution is 5.82. The first-order valence-corrected chi connectivity index (χ1v) is 7.54. The number of carbonyl (C=O) groups excluding carboxylic acids is 1. The zero-order valence-corrected chi connectivity index (χ0v) is 12.1. The third-order valence-electron chi connectivity index (χ3n) is 5.28. The molecule has 2 N–H and O–H groups in total. The molecule has 1 amide bonds. The molecular formula is C15H28N2O. The van der Waals surface area contributed by atoms with Crippen molar-refractivity contribution in [1.29, 1.82) is 0 Å². The van der Waals surface area contributed by atoms with Crippen LogP contribution in [-0.4, -0.2) is 25.0 Å². The number of amides is 1. The summed E-state index contributed by atoms with van der Waals surface area (Å²) in [5, 5.41) is 6.68. The lowest BCUT2D eigenvalue weighted by Gasteiger charge is -2.39. The van der Waals surface area contributed by atoms with E-state index in [1.807, 2.05) is 0 Å². The largest absolute Gasteiger partial charge is 0.353 e. The summed E-state index contributed by atoms with van der Waals surface area (Å²) >= 11 is 0. The number of piperidine rings is 1. The van der Waals surface area contributed by atoms with Crippen molar-refractivity contribution >= 4 is 5.91 Å². The van der Waals surface area contributed by atoms with Crippen LogP contribution in [0.15, 0.2) is 0 Å². The topological polar surface area (TPSA) is 41.1 Å². The molecular weight excluding hydrogens is 224 g/mol. The van der Waals surface area contributed by atoms with Gasteiger partial charge in [-0.1, -0.05) is 33.6 Å². The Kier molecular flexibility index (Phi) is 4.31. The molecule has 104 valence electrons. The Bertz CT molecular complexity index is 297. The van der Waals surface area contributed by atoms with E-state index in [0.29, 0.717) is 12.0 Å². The van der Waals surface area contributed by atoms with Gasteiger partial charge in [0.05, 0.1) is 0 Å². The lowest BCUT2D eigenvalue weighted by Crippen LogP contribution is -2.51. The van der Waals surface area contributed by atoms with E-state index in [0.717, 1.165) is 38.3 Å². The molecule has 0 bridgehead atoms. The predicted molar refractivity (Wildman–Crippen MR) is 74.3 cm³/mol. The van der Waals surface area contributed by atoms with Crippen LogP contribution in [0.3, 0.4) is 0 Å². The molecule has 1 aliphatic carbocycles. The van der Waals surface area contributed by atoms with E-state index in [1.54, 1.807) is 0 Å². The molecule has 2 rings (SSSR count). The molecule has 0 aromatic rings. The summed E-state index contributed by atoms with van der Waals surface area (Å²) in [5.41, 5.74) is -0.147. The van der Waals surface area contributed by atoms with E-state index in [4.69, 9.17) is 0 Å². The molecule has 0 spiro atoms. The maximum atomic E-state index is 12.5. The molecule has 1 saturated carbocycles. The first-order chi connectivity index (χ1) is 8.53. The zero-order chi connectivity index (χ0) is 13.2. The maximum absolute atomic E-state index is 12.5. The fraction of sp³-hybridized carbons (Fsp3) is 0.933. The van der Waals surface area contributed by atoms with Crippen molar-refractivity contribution in [3.05, 3.63) is 0 Å². The third kappa shape index (κ3) is 2.87. The summed E-state index contributed by atoms with van der Waals surface area (Å²) in [5.74, 6) is 1.65. The highest BCUT2D eigenvalue weighted by Gasteiger charge is 2.37. The van der Waals surface area contributed by atoms with Crippen LogP contribution in [0, 0.1) is 17.3 Å². The standard InChI is InChI=1S/C15H28N2O/c1-11-5-4-6-13(12(11)2)17-14(18)15(3)7-9-16-10-8-15/h11-13,16H,4-10H2,1-3H3,(H,17,18). The number of rotatable bonds is 2. The molecule has 0 aromatic heterocycles. The van der Waals surface area contributed by atoms with Crippen molar-refractivity contribution in [3.63, 3.8) is 0 Å². The average Bonchev–Trinajstić information content (AvgIpc) is 2.36. The Morgan fingerprint density at radius 2 is 1.89 bits per heavy atom. The van der Waals surface area contributed by atoms with Gasteiger partial charge in [-0.15, -0.1) is 0 Å². The van der Waals surface area contributed by atoms with E-state index in [9.17, 15) is 4.79 Å². The van der Waals surface area contributed by atoms with E-state index >= 15 is 0 Å². The van der Waals surface area contributed by atoms with Gasteiger partial charge in [-0.2, -0.15) is 0 Å². The van der Waals surface area contributed by atoms with Gasteiger partial charge < -0.3 is 10.6 Å². The van der Waals surface area contributed by atoms with E-state index < -0.39 is 0 Å². The highest BCUT2D eigenvalue weighted by atomic mass is 16.2. The van der Waals surface area contributed by atoms with Crippen LogP contribution in [0.25, 0.3) is 0 Å². The van der Waals surface area contributed by atoms with Crippen LogP contribution in [0.2, 0.25) is 0 Å². The predicted octanol–water partition coefficient (Wildman–Crippen LogP) is 2.32. The van der Waals surface area contributed by atoms with Gasteiger partial charge in [-0.3, -0.25) is 4.79 Å². The van der Waals surface area contributed by atoms with Gasteiger partial charge in [0.15, 0.2) is 0 Å². The van der Waals surface area contributed by atoms with Gasteiger partial charge in [0, 0.05) is 11.5 Å². The van der Waals surface area contributed by atoms with Crippen LogP contribution in [-0.2, 0) is 4.79 Å². The van der Waals surface area contributed by atoms with Crippen molar-refractivity contribution in [2.45, 2.75) is 58.9 Å². The molecule has 1 saturated heterocycles. The Labute approximate surface area is 111 Å². The van der Waals surface area contributed by atoms with E-state index in [2.05, 4.69) is 31.4 Å². The summed E-state index contributed by atoms with van der Waals surface area (Å²) < 4.78 is 0. The molecule has 3 heteroatoms. The summed E-state index contributed by atoms with van der Waals surface area (Å²) in [4.78, 5) is 12.5. The molecule has 3 atom stereocenters.